The third-order valence-corrected chi connectivity index (χ3v) is 3.24. The Morgan fingerprint density at radius 3 is 3.00 bits per heavy atom. The number of non-ortho nitro benzene ring substituents is 1. The number of nitrogens with one attached hydrogen (secondary N) is 1. The summed E-state index contributed by atoms with van der Waals surface area (Å²) in [5.41, 5.74) is 1.03. The van der Waals surface area contributed by atoms with Crippen molar-refractivity contribution in [1.82, 2.24) is 5.32 Å². The van der Waals surface area contributed by atoms with Crippen LogP contribution in [0.25, 0.3) is 0 Å². The molecule has 0 aromatic heterocycles. The van der Waals surface area contributed by atoms with Crippen LogP contribution < -0.4 is 5.32 Å². The molecule has 1 aromatic carbocycles. The summed E-state index contributed by atoms with van der Waals surface area (Å²) < 4.78 is 5.80. The fourth-order valence-corrected chi connectivity index (χ4v) is 2.50. The molecule has 0 saturated carbocycles. The van der Waals surface area contributed by atoms with Crippen molar-refractivity contribution in [2.24, 2.45) is 0 Å². The first-order chi connectivity index (χ1) is 7.74. The van der Waals surface area contributed by atoms with E-state index in [4.69, 9.17) is 4.74 Å². The zero-order chi connectivity index (χ0) is 11.1. The highest BCUT2D eigenvalue weighted by atomic mass is 16.6. The van der Waals surface area contributed by atoms with Crippen molar-refractivity contribution >= 4 is 5.69 Å². The Kier molecular flexibility index (Phi) is 2.15. The van der Waals surface area contributed by atoms with Gasteiger partial charge in [0.05, 0.1) is 17.1 Å². The second-order valence-electron chi connectivity index (χ2n) is 4.28. The highest BCUT2D eigenvalue weighted by Crippen LogP contribution is 2.37. The quantitative estimate of drug-likeness (QED) is 0.604. The van der Waals surface area contributed by atoms with Crippen molar-refractivity contribution < 1.29 is 9.66 Å². The van der Waals surface area contributed by atoms with Gasteiger partial charge < -0.3 is 10.1 Å². The van der Waals surface area contributed by atoms with Crippen LogP contribution in [0.2, 0.25) is 0 Å². The van der Waals surface area contributed by atoms with Gasteiger partial charge in [-0.1, -0.05) is 12.1 Å². The molecule has 0 spiro atoms. The van der Waals surface area contributed by atoms with Crippen molar-refractivity contribution in [2.75, 3.05) is 6.54 Å². The zero-order valence-electron chi connectivity index (χ0n) is 8.63. The Hall–Kier alpha value is -1.46. The normalized spacial score (nSPS) is 31.9. The number of fused-ring (bicyclic) bond motifs is 2. The topological polar surface area (TPSA) is 64.4 Å². The Balaban J connectivity index is 1.89. The number of benzene rings is 1. The van der Waals surface area contributed by atoms with Gasteiger partial charge in [-0.25, -0.2) is 0 Å². The molecule has 84 valence electrons. The van der Waals surface area contributed by atoms with Gasteiger partial charge >= 0.3 is 0 Å². The number of rotatable bonds is 2. The first kappa shape index (κ1) is 9.74. The van der Waals surface area contributed by atoms with Gasteiger partial charge in [0, 0.05) is 24.7 Å². The number of nitro groups is 1. The predicted octanol–water partition coefficient (Wildman–Crippen LogP) is 1.40. The van der Waals surface area contributed by atoms with E-state index in [1.807, 2.05) is 6.07 Å². The van der Waals surface area contributed by atoms with Gasteiger partial charge in [0.25, 0.3) is 5.69 Å². The average molecular weight is 220 g/mol. The van der Waals surface area contributed by atoms with Gasteiger partial charge in [0.15, 0.2) is 0 Å². The maximum atomic E-state index is 10.7. The van der Waals surface area contributed by atoms with Crippen LogP contribution in [-0.4, -0.2) is 23.6 Å². The van der Waals surface area contributed by atoms with Crippen LogP contribution in [0.4, 0.5) is 5.69 Å². The van der Waals surface area contributed by atoms with E-state index in [1.165, 1.54) is 6.07 Å². The number of morpholine rings is 1. The van der Waals surface area contributed by atoms with Gasteiger partial charge in [0.1, 0.15) is 0 Å². The largest absolute Gasteiger partial charge is 0.367 e. The molecule has 0 unspecified atom stereocenters. The van der Waals surface area contributed by atoms with Crippen molar-refractivity contribution in [3.05, 3.63) is 39.9 Å². The fraction of sp³-hybridized carbons (Fsp3) is 0.455. The van der Waals surface area contributed by atoms with Crippen molar-refractivity contribution in [1.29, 1.82) is 0 Å². The van der Waals surface area contributed by atoms with Gasteiger partial charge in [-0.2, -0.15) is 0 Å². The molecule has 3 rings (SSSR count). The summed E-state index contributed by atoms with van der Waals surface area (Å²) in [7, 11) is 0. The lowest BCUT2D eigenvalue weighted by Crippen LogP contribution is -2.33. The van der Waals surface area contributed by atoms with Crippen molar-refractivity contribution in [3.8, 4) is 0 Å². The Morgan fingerprint density at radius 2 is 2.38 bits per heavy atom. The van der Waals surface area contributed by atoms with E-state index in [-0.39, 0.29) is 22.8 Å². The number of hydrogen-bond acceptors (Lipinski definition) is 4. The summed E-state index contributed by atoms with van der Waals surface area (Å²) in [6, 6.07) is 7.02. The molecular formula is C11H12N2O3. The molecule has 16 heavy (non-hydrogen) atoms. The Morgan fingerprint density at radius 1 is 1.50 bits per heavy atom. The molecule has 5 heteroatoms. The van der Waals surface area contributed by atoms with E-state index in [9.17, 15) is 10.1 Å². The highest BCUT2D eigenvalue weighted by Gasteiger charge is 2.41. The summed E-state index contributed by atoms with van der Waals surface area (Å²) in [5, 5.41) is 14.0. The first-order valence-electron chi connectivity index (χ1n) is 5.37. The molecule has 2 fully saturated rings. The van der Waals surface area contributed by atoms with E-state index in [2.05, 4.69) is 5.32 Å². The molecule has 1 aromatic rings. The standard InChI is InChI=1S/C11H12N2O3/c14-13(15)8-3-1-2-7(4-8)11-10-5-9(16-11)6-12-10/h1-4,9-12H,5-6H2/t9-,10-,11+/m1/s1. The zero-order valence-corrected chi connectivity index (χ0v) is 8.63. The molecular weight excluding hydrogens is 208 g/mol. The molecule has 2 aliphatic heterocycles. The van der Waals surface area contributed by atoms with E-state index in [1.54, 1.807) is 12.1 Å². The molecule has 2 heterocycles. The first-order valence-corrected chi connectivity index (χ1v) is 5.37. The third kappa shape index (κ3) is 1.48. The average Bonchev–Trinajstić information content (AvgIpc) is 2.91. The third-order valence-electron chi connectivity index (χ3n) is 3.24. The van der Waals surface area contributed by atoms with Gasteiger partial charge in [0.2, 0.25) is 0 Å². The molecule has 2 bridgehead atoms. The van der Waals surface area contributed by atoms with Gasteiger partial charge in [-0.05, 0) is 12.0 Å². The fourth-order valence-electron chi connectivity index (χ4n) is 2.50. The minimum absolute atomic E-state index is 0.0290. The van der Waals surface area contributed by atoms with Crippen LogP contribution >= 0.6 is 0 Å². The predicted molar refractivity (Wildman–Crippen MR) is 57.1 cm³/mol. The molecule has 0 aliphatic carbocycles. The molecule has 0 radical (unpaired) electrons. The number of hydrogen-bond donors (Lipinski definition) is 1. The van der Waals surface area contributed by atoms with Crippen molar-refractivity contribution in [2.45, 2.75) is 24.7 Å². The molecule has 2 aliphatic rings. The minimum atomic E-state index is -0.371. The summed E-state index contributed by atoms with van der Waals surface area (Å²) in [4.78, 5) is 10.3. The van der Waals surface area contributed by atoms with E-state index >= 15 is 0 Å². The van der Waals surface area contributed by atoms with Crippen LogP contribution in [0.1, 0.15) is 18.1 Å². The summed E-state index contributed by atoms with van der Waals surface area (Å²) >= 11 is 0. The second-order valence-corrected chi connectivity index (χ2v) is 4.28. The molecule has 1 N–H and O–H groups in total. The number of nitrogens with zero attached hydrogens (tertiary/aromatic N) is 1. The second kappa shape index (κ2) is 3.54. The van der Waals surface area contributed by atoms with Crippen molar-refractivity contribution in [3.63, 3.8) is 0 Å². The number of nitro benzene ring substituents is 1. The summed E-state index contributed by atoms with van der Waals surface area (Å²) in [6.45, 7) is 0.899. The Bertz CT molecular complexity index is 435. The minimum Gasteiger partial charge on any atom is -0.367 e. The van der Waals surface area contributed by atoms with Gasteiger partial charge in [-0.3, -0.25) is 10.1 Å². The molecule has 2 saturated heterocycles. The maximum Gasteiger partial charge on any atom is 0.269 e. The smallest absolute Gasteiger partial charge is 0.269 e. The van der Waals surface area contributed by atoms with E-state index in [0.29, 0.717) is 6.04 Å². The van der Waals surface area contributed by atoms with Crippen LogP contribution in [0.15, 0.2) is 24.3 Å². The molecule has 3 atom stereocenters. The lowest BCUT2D eigenvalue weighted by molar-refractivity contribution is -0.385. The summed E-state index contributed by atoms with van der Waals surface area (Å²) in [6.07, 6.45) is 1.25. The lowest BCUT2D eigenvalue weighted by Gasteiger charge is -2.23. The molecule has 5 nitrogen and oxygen atoms in total. The van der Waals surface area contributed by atoms with Gasteiger partial charge in [-0.15, -0.1) is 0 Å². The number of ether oxygens (including phenoxy) is 1. The maximum absolute atomic E-state index is 10.7. The van der Waals surface area contributed by atoms with E-state index < -0.39 is 0 Å². The SMILES string of the molecule is O=[N+]([O-])c1cccc([C@@H]2O[C@H]3CN[C@@H]2C3)c1. The monoisotopic (exact) mass is 220 g/mol. The Labute approximate surface area is 92.6 Å². The molecule has 0 amide bonds. The van der Waals surface area contributed by atoms with Crippen LogP contribution in [0, 0.1) is 10.1 Å². The van der Waals surface area contributed by atoms with Crippen LogP contribution in [0.3, 0.4) is 0 Å². The van der Waals surface area contributed by atoms with Crippen LogP contribution in [0.5, 0.6) is 0 Å². The summed E-state index contributed by atoms with van der Waals surface area (Å²) in [5.74, 6) is 0. The lowest BCUT2D eigenvalue weighted by atomic mass is 10.0. The van der Waals surface area contributed by atoms with Crippen LogP contribution in [-0.2, 0) is 4.74 Å². The highest BCUT2D eigenvalue weighted by molar-refractivity contribution is 5.36. The van der Waals surface area contributed by atoms with E-state index in [0.717, 1.165) is 18.5 Å².